The third-order valence-electron chi connectivity index (χ3n) is 9.64. The van der Waals surface area contributed by atoms with Crippen LogP contribution in [0.3, 0.4) is 0 Å². The summed E-state index contributed by atoms with van der Waals surface area (Å²) in [5.74, 6) is -0.735. The fourth-order valence-electron chi connectivity index (χ4n) is 7.78. The molecule has 0 radical (unpaired) electrons. The van der Waals surface area contributed by atoms with Gasteiger partial charge in [-0.05, 0) is 17.7 Å². The molecule has 0 saturated carbocycles. The maximum Gasteiger partial charge on any atom is 0.185 e. The van der Waals surface area contributed by atoms with E-state index in [4.69, 9.17) is 14.5 Å². The van der Waals surface area contributed by atoms with E-state index in [0.717, 1.165) is 16.6 Å². The molecule has 1 saturated heterocycles. The van der Waals surface area contributed by atoms with Crippen LogP contribution in [0.15, 0.2) is 109 Å². The Morgan fingerprint density at radius 2 is 1.56 bits per heavy atom. The van der Waals surface area contributed by atoms with Gasteiger partial charge in [-0.15, -0.1) is 0 Å². The summed E-state index contributed by atoms with van der Waals surface area (Å²) in [6.45, 7) is 0. The Hall–Kier alpha value is -5.56. The molecule has 1 fully saturated rings. The van der Waals surface area contributed by atoms with Crippen molar-refractivity contribution in [3.05, 3.63) is 137 Å². The fraction of sp³-hybridized carbons (Fsp3) is 0.158. The monoisotopic (exact) mass is 592 g/mol. The number of hydrogen-bond donors (Lipinski definition) is 0. The lowest BCUT2D eigenvalue weighted by molar-refractivity contribution is 0.0665. The van der Waals surface area contributed by atoms with E-state index in [0.29, 0.717) is 39.3 Å². The van der Waals surface area contributed by atoms with Gasteiger partial charge in [0, 0.05) is 45.8 Å². The fourth-order valence-corrected chi connectivity index (χ4v) is 7.78. The Bertz CT molecular complexity index is 2050. The second-order valence-electron chi connectivity index (χ2n) is 11.6. The minimum atomic E-state index is -1.66. The van der Waals surface area contributed by atoms with Crippen molar-refractivity contribution >= 4 is 40.0 Å². The number of benzene rings is 4. The van der Waals surface area contributed by atoms with E-state index in [2.05, 4.69) is 0 Å². The second kappa shape index (κ2) is 9.99. The average molecular weight is 593 g/mol. The molecule has 3 heterocycles. The van der Waals surface area contributed by atoms with Gasteiger partial charge in [0.05, 0.1) is 31.5 Å². The molecule has 0 N–H and O–H groups in total. The zero-order valence-electron chi connectivity index (χ0n) is 24.6. The zero-order valence-corrected chi connectivity index (χ0v) is 24.6. The number of carbonyl (C=O) groups excluding carboxylic acids is 3. The molecule has 5 aromatic rings. The molecule has 3 atom stereocenters. The van der Waals surface area contributed by atoms with E-state index < -0.39 is 23.4 Å². The first-order chi connectivity index (χ1) is 22.0. The normalized spacial score (nSPS) is 20.7. The van der Waals surface area contributed by atoms with Crippen LogP contribution in [0.4, 0.5) is 5.69 Å². The maximum atomic E-state index is 15.0. The van der Waals surface area contributed by atoms with Crippen molar-refractivity contribution in [1.29, 1.82) is 0 Å². The number of carbonyl (C=O) groups is 3. The number of hydrogen-bond acceptors (Lipinski definition) is 7. The summed E-state index contributed by atoms with van der Waals surface area (Å²) in [4.78, 5) is 51.8. The highest BCUT2D eigenvalue weighted by atomic mass is 16.5. The Morgan fingerprint density at radius 1 is 0.822 bits per heavy atom. The molecule has 7 nitrogen and oxygen atoms in total. The topological polar surface area (TPSA) is 85.8 Å². The van der Waals surface area contributed by atoms with Gasteiger partial charge in [0.25, 0.3) is 0 Å². The van der Waals surface area contributed by atoms with Crippen LogP contribution in [0.1, 0.15) is 48.1 Å². The van der Waals surface area contributed by atoms with Crippen molar-refractivity contribution in [2.45, 2.75) is 18.0 Å². The molecular weight excluding hydrogens is 564 g/mol. The first kappa shape index (κ1) is 27.0. The van der Waals surface area contributed by atoms with Crippen LogP contribution >= 0.6 is 0 Å². The van der Waals surface area contributed by atoms with E-state index in [-0.39, 0.29) is 17.3 Å². The molecule has 3 aliphatic rings. The van der Waals surface area contributed by atoms with Gasteiger partial charge < -0.3 is 14.4 Å². The third-order valence-corrected chi connectivity index (χ3v) is 9.64. The molecule has 2 aliphatic heterocycles. The van der Waals surface area contributed by atoms with E-state index >= 15 is 4.79 Å². The van der Waals surface area contributed by atoms with Crippen LogP contribution in [0.2, 0.25) is 0 Å². The molecule has 45 heavy (non-hydrogen) atoms. The van der Waals surface area contributed by atoms with Gasteiger partial charge in [-0.3, -0.25) is 19.4 Å². The first-order valence-corrected chi connectivity index (χ1v) is 14.8. The molecule has 220 valence electrons. The number of anilines is 1. The number of ether oxygens (including phenoxy) is 2. The molecule has 0 bridgehead atoms. The lowest BCUT2D eigenvalue weighted by Gasteiger charge is -2.37. The highest BCUT2D eigenvalue weighted by molar-refractivity contribution is 6.32. The molecule has 1 aromatic heterocycles. The Balaban J connectivity index is 1.50. The second-order valence-corrected chi connectivity index (χ2v) is 11.6. The minimum Gasteiger partial charge on any atom is -0.497 e. The zero-order chi connectivity index (χ0) is 30.9. The van der Waals surface area contributed by atoms with E-state index in [1.165, 1.54) is 0 Å². The lowest BCUT2D eigenvalue weighted by atomic mass is 9.64. The van der Waals surface area contributed by atoms with Crippen molar-refractivity contribution in [1.82, 2.24) is 4.98 Å². The average Bonchev–Trinajstić information content (AvgIpc) is 3.53. The van der Waals surface area contributed by atoms with Crippen molar-refractivity contribution < 1.29 is 23.9 Å². The Kier molecular flexibility index (Phi) is 6.00. The number of pyridine rings is 1. The van der Waals surface area contributed by atoms with Gasteiger partial charge in [-0.1, -0.05) is 91.0 Å². The van der Waals surface area contributed by atoms with Gasteiger partial charge in [-0.25, -0.2) is 0 Å². The predicted octanol–water partition coefficient (Wildman–Crippen LogP) is 6.57. The third kappa shape index (κ3) is 3.58. The predicted molar refractivity (Wildman–Crippen MR) is 171 cm³/mol. The van der Waals surface area contributed by atoms with Gasteiger partial charge in [0.1, 0.15) is 23.0 Å². The molecule has 1 aliphatic carbocycles. The van der Waals surface area contributed by atoms with Gasteiger partial charge in [0.2, 0.25) is 0 Å². The van der Waals surface area contributed by atoms with Crippen LogP contribution in [0.25, 0.3) is 17.0 Å². The van der Waals surface area contributed by atoms with Crippen LogP contribution < -0.4 is 14.4 Å². The van der Waals surface area contributed by atoms with Crippen LogP contribution in [-0.2, 0) is 0 Å². The molecule has 8 rings (SSSR count). The van der Waals surface area contributed by atoms with Crippen molar-refractivity contribution in [2.24, 2.45) is 5.41 Å². The standard InChI is InChI=1S/C38H28N2O5/c1-44-25-17-18-28(29(21-25)45-2)31-34(35(41)24-9-4-3-5-10-24)40-30(38(31)36(42)26-12-6-7-13-27(26)37(38)43)19-16-23-15-14-22-11-8-20-39-32(22)33(23)40/h3-21,30-31,34H,1-2H3/t30-,31+,34+/m0/s1. The number of ketones is 3. The minimum absolute atomic E-state index is 0.203. The summed E-state index contributed by atoms with van der Waals surface area (Å²) in [6, 6.07) is 27.5. The Morgan fingerprint density at radius 3 is 2.27 bits per heavy atom. The first-order valence-electron chi connectivity index (χ1n) is 14.8. The smallest absolute Gasteiger partial charge is 0.185 e. The van der Waals surface area contributed by atoms with Crippen LogP contribution in [0.5, 0.6) is 11.5 Å². The SMILES string of the molecule is COc1ccc([C@@H]2[C@H](C(=O)c3ccccc3)N3c4c(ccc5cccnc45)C=C[C@H]3C23C(=O)c2ccccc2C3=O)c(OC)c1. The summed E-state index contributed by atoms with van der Waals surface area (Å²) in [5, 5.41) is 0.892. The molecule has 1 spiro atoms. The summed E-state index contributed by atoms with van der Waals surface area (Å²) in [5.41, 5.74) is 2.41. The summed E-state index contributed by atoms with van der Waals surface area (Å²) >= 11 is 0. The molecule has 7 heteroatoms. The maximum absolute atomic E-state index is 15.0. The largest absolute Gasteiger partial charge is 0.497 e. The summed E-state index contributed by atoms with van der Waals surface area (Å²) < 4.78 is 11.4. The Labute approximate surface area is 259 Å². The van der Waals surface area contributed by atoms with Gasteiger partial charge in [-0.2, -0.15) is 0 Å². The van der Waals surface area contributed by atoms with Crippen molar-refractivity contribution in [3.8, 4) is 11.5 Å². The number of Topliss-reactive ketones (excluding diaryl/α,β-unsaturated/α-hetero) is 3. The van der Waals surface area contributed by atoms with E-state index in [9.17, 15) is 9.59 Å². The number of aromatic nitrogens is 1. The van der Waals surface area contributed by atoms with E-state index in [1.54, 1.807) is 68.9 Å². The molecule has 4 aromatic carbocycles. The van der Waals surface area contributed by atoms with Crippen molar-refractivity contribution in [2.75, 3.05) is 19.1 Å². The molecule has 0 unspecified atom stereocenters. The lowest BCUT2D eigenvalue weighted by Crippen LogP contribution is -2.48. The van der Waals surface area contributed by atoms with Gasteiger partial charge in [0.15, 0.2) is 17.3 Å². The summed E-state index contributed by atoms with van der Waals surface area (Å²) in [7, 11) is 3.11. The summed E-state index contributed by atoms with van der Waals surface area (Å²) in [6.07, 6.45) is 5.59. The van der Waals surface area contributed by atoms with Crippen molar-refractivity contribution in [3.63, 3.8) is 0 Å². The number of rotatable bonds is 5. The highest BCUT2D eigenvalue weighted by Crippen LogP contribution is 2.62. The van der Waals surface area contributed by atoms with E-state index in [1.807, 2.05) is 65.6 Å². The molecular formula is C38H28N2O5. The van der Waals surface area contributed by atoms with Crippen LogP contribution in [0, 0.1) is 5.41 Å². The number of nitrogens with zero attached hydrogens (tertiary/aromatic N) is 2. The number of methoxy groups -OCH3 is 2. The highest BCUT2D eigenvalue weighted by Gasteiger charge is 2.72. The van der Waals surface area contributed by atoms with Crippen LogP contribution in [-0.4, -0.2) is 48.6 Å². The molecule has 0 amide bonds. The quantitative estimate of drug-likeness (QED) is 0.169. The van der Waals surface area contributed by atoms with Gasteiger partial charge >= 0.3 is 0 Å². The number of fused-ring (bicyclic) bond motifs is 7.